The van der Waals surface area contributed by atoms with E-state index in [1.54, 1.807) is 33.2 Å². The summed E-state index contributed by atoms with van der Waals surface area (Å²) in [6, 6.07) is 2.92. The average Bonchev–Trinajstić information content (AvgIpc) is 2.48. The normalized spacial score (nSPS) is 11.5. The van der Waals surface area contributed by atoms with Crippen LogP contribution in [-0.4, -0.2) is 39.8 Å². The molecule has 0 aliphatic heterocycles. The van der Waals surface area contributed by atoms with Crippen molar-refractivity contribution >= 4 is 16.0 Å². The number of anilines is 1. The minimum Gasteiger partial charge on any atom is -0.461 e. The highest BCUT2D eigenvalue weighted by Gasteiger charge is 2.15. The molecule has 24 heavy (non-hydrogen) atoms. The molecule has 10 heteroatoms. The fourth-order valence-electron chi connectivity index (χ4n) is 1.73. The summed E-state index contributed by atoms with van der Waals surface area (Å²) in [5.74, 6) is -0.0507. The molecule has 0 saturated heterocycles. The van der Waals surface area contributed by atoms with Crippen molar-refractivity contribution in [3.8, 4) is 17.4 Å². The van der Waals surface area contributed by atoms with Crippen LogP contribution in [0.1, 0.15) is 20.8 Å². The minimum atomic E-state index is -3.55. The maximum atomic E-state index is 11.8. The number of pyridine rings is 1. The van der Waals surface area contributed by atoms with Crippen molar-refractivity contribution in [2.75, 3.05) is 10.5 Å². The fourth-order valence-corrected chi connectivity index (χ4v) is 2.25. The van der Waals surface area contributed by atoms with Crippen LogP contribution in [0.2, 0.25) is 0 Å². The van der Waals surface area contributed by atoms with Gasteiger partial charge in [-0.05, 0) is 26.8 Å². The molecule has 0 saturated carbocycles. The number of hydrogen-bond acceptors (Lipinski definition) is 7. The third-order valence-electron chi connectivity index (χ3n) is 2.93. The van der Waals surface area contributed by atoms with Crippen molar-refractivity contribution in [3.05, 3.63) is 28.7 Å². The standard InChI is InChI=1S/C14H19N5O4S/c1-5-24(21,22)18-13-15-12(16-14(17-13)23-9(2)3)10-6-7-11(20)19(4)8-10/h6-9H,5H2,1-4H3,(H,15,16,17,18). The van der Waals surface area contributed by atoms with Gasteiger partial charge in [0.2, 0.25) is 21.5 Å². The number of hydrogen-bond donors (Lipinski definition) is 1. The van der Waals surface area contributed by atoms with Crippen LogP contribution in [-0.2, 0) is 17.1 Å². The van der Waals surface area contributed by atoms with Gasteiger partial charge in [0, 0.05) is 24.9 Å². The Morgan fingerprint density at radius 2 is 1.96 bits per heavy atom. The van der Waals surface area contributed by atoms with Crippen LogP contribution in [0, 0.1) is 0 Å². The fraction of sp³-hybridized carbons (Fsp3) is 0.429. The summed E-state index contributed by atoms with van der Waals surface area (Å²) in [5.41, 5.74) is 0.350. The van der Waals surface area contributed by atoms with Crippen molar-refractivity contribution in [1.29, 1.82) is 0 Å². The van der Waals surface area contributed by atoms with Crippen LogP contribution in [0.25, 0.3) is 11.4 Å². The Balaban J connectivity index is 2.53. The Kier molecular flexibility index (Phi) is 5.17. The Labute approximate surface area is 139 Å². The second-order valence-corrected chi connectivity index (χ2v) is 7.32. The van der Waals surface area contributed by atoms with Crippen LogP contribution in [0.4, 0.5) is 5.95 Å². The zero-order chi connectivity index (χ0) is 17.9. The summed E-state index contributed by atoms with van der Waals surface area (Å²) in [7, 11) is -1.95. The molecule has 0 spiro atoms. The third-order valence-corrected chi connectivity index (χ3v) is 4.18. The summed E-state index contributed by atoms with van der Waals surface area (Å²) in [6.07, 6.45) is 1.35. The molecule has 0 aliphatic carbocycles. The molecule has 9 nitrogen and oxygen atoms in total. The predicted molar refractivity (Wildman–Crippen MR) is 89.4 cm³/mol. The van der Waals surface area contributed by atoms with Crippen LogP contribution in [0.5, 0.6) is 6.01 Å². The zero-order valence-corrected chi connectivity index (χ0v) is 14.7. The van der Waals surface area contributed by atoms with Gasteiger partial charge in [-0.3, -0.25) is 9.52 Å². The molecule has 0 aromatic carbocycles. The lowest BCUT2D eigenvalue weighted by molar-refractivity contribution is 0.222. The van der Waals surface area contributed by atoms with Crippen LogP contribution in [0.3, 0.4) is 0 Å². The van der Waals surface area contributed by atoms with E-state index in [0.29, 0.717) is 5.56 Å². The van der Waals surface area contributed by atoms with Gasteiger partial charge in [0.25, 0.3) is 0 Å². The SMILES string of the molecule is CCS(=O)(=O)Nc1nc(OC(C)C)nc(-c2ccc(=O)n(C)c2)n1. The molecule has 2 heterocycles. The number of nitrogens with one attached hydrogen (secondary N) is 1. The van der Waals surface area contributed by atoms with Crippen molar-refractivity contribution in [2.24, 2.45) is 7.05 Å². The molecule has 0 fully saturated rings. The van der Waals surface area contributed by atoms with Gasteiger partial charge in [0.1, 0.15) is 0 Å². The molecule has 2 aromatic rings. The molecule has 0 unspecified atom stereocenters. The van der Waals surface area contributed by atoms with E-state index in [1.807, 2.05) is 0 Å². The first-order valence-corrected chi connectivity index (χ1v) is 8.95. The topological polar surface area (TPSA) is 116 Å². The predicted octanol–water partition coefficient (Wildman–Crippen LogP) is 0.786. The summed E-state index contributed by atoms with van der Waals surface area (Å²) in [4.78, 5) is 23.8. The molecule has 2 rings (SSSR count). The monoisotopic (exact) mass is 353 g/mol. The van der Waals surface area contributed by atoms with E-state index in [0.717, 1.165) is 0 Å². The van der Waals surface area contributed by atoms with Gasteiger partial charge < -0.3 is 9.30 Å². The number of nitrogens with zero attached hydrogens (tertiary/aromatic N) is 4. The first kappa shape index (κ1) is 17.9. The number of rotatable bonds is 6. The Morgan fingerprint density at radius 1 is 1.25 bits per heavy atom. The van der Waals surface area contributed by atoms with E-state index in [-0.39, 0.29) is 35.2 Å². The molecule has 0 radical (unpaired) electrons. The van der Waals surface area contributed by atoms with Crippen LogP contribution in [0.15, 0.2) is 23.1 Å². The first-order chi connectivity index (χ1) is 11.2. The lowest BCUT2D eigenvalue weighted by Gasteiger charge is -2.11. The number of sulfonamides is 1. The maximum Gasteiger partial charge on any atom is 0.322 e. The second-order valence-electron chi connectivity index (χ2n) is 5.30. The molecule has 2 aromatic heterocycles. The lowest BCUT2D eigenvalue weighted by Crippen LogP contribution is -2.19. The number of ether oxygens (including phenoxy) is 1. The number of aromatic nitrogens is 4. The van der Waals surface area contributed by atoms with Crippen molar-refractivity contribution in [2.45, 2.75) is 26.9 Å². The Bertz CT molecular complexity index is 892. The van der Waals surface area contributed by atoms with E-state index < -0.39 is 10.0 Å². The van der Waals surface area contributed by atoms with Gasteiger partial charge >= 0.3 is 6.01 Å². The molecule has 0 aliphatic rings. The Morgan fingerprint density at radius 3 is 2.54 bits per heavy atom. The van der Waals surface area contributed by atoms with Gasteiger partial charge in [-0.1, -0.05) is 0 Å². The largest absolute Gasteiger partial charge is 0.461 e. The van der Waals surface area contributed by atoms with Crippen molar-refractivity contribution in [3.63, 3.8) is 0 Å². The van der Waals surface area contributed by atoms with E-state index in [4.69, 9.17) is 4.74 Å². The quantitative estimate of drug-likeness (QED) is 0.816. The third kappa shape index (κ3) is 4.51. The Hall–Kier alpha value is -2.49. The van der Waals surface area contributed by atoms with E-state index in [9.17, 15) is 13.2 Å². The summed E-state index contributed by atoms with van der Waals surface area (Å²) >= 11 is 0. The summed E-state index contributed by atoms with van der Waals surface area (Å²) in [6.45, 7) is 5.10. The van der Waals surface area contributed by atoms with Crippen molar-refractivity contribution < 1.29 is 13.2 Å². The molecular weight excluding hydrogens is 334 g/mol. The summed E-state index contributed by atoms with van der Waals surface area (Å²) in [5, 5.41) is 0. The molecule has 0 amide bonds. The minimum absolute atomic E-state index is 0.00217. The highest BCUT2D eigenvalue weighted by atomic mass is 32.2. The van der Waals surface area contributed by atoms with Gasteiger partial charge in [-0.15, -0.1) is 0 Å². The molecule has 0 atom stereocenters. The van der Waals surface area contributed by atoms with Crippen LogP contribution >= 0.6 is 0 Å². The van der Waals surface area contributed by atoms with Crippen LogP contribution < -0.4 is 15.0 Å². The van der Waals surface area contributed by atoms with Gasteiger partial charge in [0.05, 0.1) is 11.9 Å². The molecular formula is C14H19N5O4S. The van der Waals surface area contributed by atoms with E-state index >= 15 is 0 Å². The first-order valence-electron chi connectivity index (χ1n) is 7.30. The van der Waals surface area contributed by atoms with Gasteiger partial charge in [-0.25, -0.2) is 8.42 Å². The highest BCUT2D eigenvalue weighted by molar-refractivity contribution is 7.92. The zero-order valence-electron chi connectivity index (χ0n) is 13.8. The van der Waals surface area contributed by atoms with Gasteiger partial charge in [-0.2, -0.15) is 15.0 Å². The lowest BCUT2D eigenvalue weighted by atomic mass is 10.2. The maximum absolute atomic E-state index is 11.8. The molecule has 1 N–H and O–H groups in total. The smallest absolute Gasteiger partial charge is 0.322 e. The summed E-state index contributed by atoms with van der Waals surface area (Å²) < 4.78 is 32.6. The molecule has 0 bridgehead atoms. The van der Waals surface area contributed by atoms with Gasteiger partial charge in [0.15, 0.2) is 5.82 Å². The average molecular weight is 353 g/mol. The van der Waals surface area contributed by atoms with E-state index in [1.165, 1.54) is 17.6 Å². The highest BCUT2D eigenvalue weighted by Crippen LogP contribution is 2.19. The number of aryl methyl sites for hydroxylation is 1. The van der Waals surface area contributed by atoms with E-state index in [2.05, 4.69) is 19.7 Å². The second kappa shape index (κ2) is 6.95. The molecule has 130 valence electrons. The van der Waals surface area contributed by atoms with Crippen molar-refractivity contribution in [1.82, 2.24) is 19.5 Å².